The molecular weight excluding hydrogens is 370 g/mol. The Morgan fingerprint density at radius 3 is 2.45 bits per heavy atom. The molecule has 1 heterocycles. The molecule has 6 nitrogen and oxygen atoms in total. The normalized spacial score (nSPS) is 16.3. The van der Waals surface area contributed by atoms with Crippen LogP contribution >= 0.6 is 0 Å². The Morgan fingerprint density at radius 2 is 1.79 bits per heavy atom. The molecule has 6 heteroatoms. The molecule has 0 unspecified atom stereocenters. The number of unbranched alkanes of at least 4 members (excludes halogenated alkanes) is 5. The van der Waals surface area contributed by atoms with Crippen molar-refractivity contribution in [1.29, 1.82) is 0 Å². The summed E-state index contributed by atoms with van der Waals surface area (Å²) in [6.45, 7) is 8.39. The number of benzene rings is 1. The van der Waals surface area contributed by atoms with Crippen LogP contribution in [-0.2, 0) is 22.5 Å². The molecule has 0 saturated carbocycles. The third-order valence-corrected chi connectivity index (χ3v) is 4.99. The molecular formula is C23H35NO5. The highest BCUT2D eigenvalue weighted by molar-refractivity contribution is 5.81. The van der Waals surface area contributed by atoms with Crippen LogP contribution in [0.25, 0.3) is 0 Å². The Morgan fingerprint density at radius 1 is 1.10 bits per heavy atom. The molecule has 2 rings (SSSR count). The van der Waals surface area contributed by atoms with E-state index in [0.717, 1.165) is 29.7 Å². The van der Waals surface area contributed by atoms with Gasteiger partial charge in [0.15, 0.2) is 0 Å². The van der Waals surface area contributed by atoms with Gasteiger partial charge in [-0.2, -0.15) is 0 Å². The first-order valence-electron chi connectivity index (χ1n) is 10.7. The summed E-state index contributed by atoms with van der Waals surface area (Å²) in [6, 6.07) is 4.79. The minimum absolute atomic E-state index is 0.204. The van der Waals surface area contributed by atoms with Crippen molar-refractivity contribution in [3.8, 4) is 5.75 Å². The van der Waals surface area contributed by atoms with Crippen LogP contribution in [0.3, 0.4) is 0 Å². The van der Waals surface area contributed by atoms with Crippen molar-refractivity contribution in [3.63, 3.8) is 0 Å². The topological polar surface area (TPSA) is 76.1 Å². The highest BCUT2D eigenvalue weighted by Crippen LogP contribution is 2.28. The van der Waals surface area contributed by atoms with Crippen LogP contribution in [-0.4, -0.2) is 40.3 Å². The molecule has 162 valence electrons. The van der Waals surface area contributed by atoms with Crippen molar-refractivity contribution in [1.82, 2.24) is 4.90 Å². The van der Waals surface area contributed by atoms with Gasteiger partial charge in [0.1, 0.15) is 17.4 Å². The van der Waals surface area contributed by atoms with E-state index in [9.17, 15) is 14.7 Å². The summed E-state index contributed by atoms with van der Waals surface area (Å²) >= 11 is 0. The van der Waals surface area contributed by atoms with Gasteiger partial charge in [-0.15, -0.1) is 0 Å². The van der Waals surface area contributed by atoms with E-state index in [-0.39, 0.29) is 13.0 Å². The van der Waals surface area contributed by atoms with Crippen LogP contribution in [0.15, 0.2) is 18.2 Å². The SMILES string of the molecule is CCCCCCCCOc1ccc2c(c1)CN(C(=O)OC(C)(C)C)[C@H](C(=O)O)C2. The smallest absolute Gasteiger partial charge is 0.411 e. The summed E-state index contributed by atoms with van der Waals surface area (Å²) in [6.07, 6.45) is 6.90. The van der Waals surface area contributed by atoms with Gasteiger partial charge in [0.25, 0.3) is 0 Å². The molecule has 0 radical (unpaired) electrons. The third kappa shape index (κ3) is 7.26. The molecule has 1 aromatic carbocycles. The third-order valence-electron chi connectivity index (χ3n) is 4.99. The number of nitrogens with zero attached hydrogens (tertiary/aromatic N) is 1. The Kier molecular flexibility index (Phi) is 8.35. The highest BCUT2D eigenvalue weighted by atomic mass is 16.6. The quantitative estimate of drug-likeness (QED) is 0.574. The number of amides is 1. The molecule has 29 heavy (non-hydrogen) atoms. The number of hydrogen-bond donors (Lipinski definition) is 1. The van der Waals surface area contributed by atoms with Gasteiger partial charge in [0.05, 0.1) is 13.2 Å². The second-order valence-electron chi connectivity index (χ2n) is 8.71. The van der Waals surface area contributed by atoms with Gasteiger partial charge in [-0.25, -0.2) is 9.59 Å². The summed E-state index contributed by atoms with van der Waals surface area (Å²) in [5.41, 5.74) is 1.17. The predicted molar refractivity (Wildman–Crippen MR) is 112 cm³/mol. The molecule has 1 aliphatic heterocycles. The van der Waals surface area contributed by atoms with Crippen molar-refractivity contribution in [2.45, 2.75) is 90.8 Å². The lowest BCUT2D eigenvalue weighted by atomic mass is 9.94. The van der Waals surface area contributed by atoms with Gasteiger partial charge in [0.2, 0.25) is 0 Å². The van der Waals surface area contributed by atoms with Gasteiger partial charge in [0, 0.05) is 6.42 Å². The molecule has 1 N–H and O–H groups in total. The van der Waals surface area contributed by atoms with E-state index in [2.05, 4.69) is 6.92 Å². The summed E-state index contributed by atoms with van der Waals surface area (Å²) in [5.74, 6) is -0.264. The maximum atomic E-state index is 12.6. The van der Waals surface area contributed by atoms with Crippen LogP contribution in [0.5, 0.6) is 5.75 Å². The predicted octanol–water partition coefficient (Wildman–Crippen LogP) is 5.17. The first-order valence-corrected chi connectivity index (χ1v) is 10.7. The number of fused-ring (bicyclic) bond motifs is 1. The molecule has 0 fully saturated rings. The van der Waals surface area contributed by atoms with Crippen molar-refractivity contribution in [3.05, 3.63) is 29.3 Å². The fourth-order valence-electron chi connectivity index (χ4n) is 3.46. The van der Waals surface area contributed by atoms with Crippen LogP contribution in [0.4, 0.5) is 4.79 Å². The minimum atomic E-state index is -1.02. The first kappa shape index (κ1) is 23.0. The first-order chi connectivity index (χ1) is 13.7. The zero-order chi connectivity index (χ0) is 21.4. The number of carboxylic acid groups (broad SMARTS) is 1. The van der Waals surface area contributed by atoms with Crippen LogP contribution in [0.1, 0.15) is 77.3 Å². The average molecular weight is 406 g/mol. The van der Waals surface area contributed by atoms with E-state index in [1.165, 1.54) is 30.6 Å². The fourth-order valence-corrected chi connectivity index (χ4v) is 3.46. The van der Waals surface area contributed by atoms with Crippen molar-refractivity contribution >= 4 is 12.1 Å². The summed E-state index contributed by atoms with van der Waals surface area (Å²) in [4.78, 5) is 25.6. The van der Waals surface area contributed by atoms with Crippen LogP contribution < -0.4 is 4.74 Å². The number of hydrogen-bond acceptors (Lipinski definition) is 4. The van der Waals surface area contributed by atoms with Crippen molar-refractivity contribution in [2.75, 3.05) is 6.61 Å². The number of carboxylic acids is 1. The molecule has 0 aliphatic carbocycles. The molecule has 1 atom stereocenters. The number of carbonyl (C=O) groups is 2. The van der Waals surface area contributed by atoms with Crippen LogP contribution in [0, 0.1) is 0 Å². The second kappa shape index (κ2) is 10.5. The van der Waals surface area contributed by atoms with E-state index in [4.69, 9.17) is 9.47 Å². The molecule has 1 aliphatic rings. The number of ether oxygens (including phenoxy) is 2. The lowest BCUT2D eigenvalue weighted by molar-refractivity contribution is -0.143. The zero-order valence-corrected chi connectivity index (χ0v) is 18.2. The van der Waals surface area contributed by atoms with Gasteiger partial charge in [-0.05, 0) is 50.5 Å². The Labute approximate surface area is 174 Å². The maximum absolute atomic E-state index is 12.6. The highest BCUT2D eigenvalue weighted by Gasteiger charge is 2.37. The van der Waals surface area contributed by atoms with E-state index in [1.807, 2.05) is 18.2 Å². The Balaban J connectivity index is 1.99. The van der Waals surface area contributed by atoms with E-state index in [0.29, 0.717) is 6.61 Å². The van der Waals surface area contributed by atoms with E-state index < -0.39 is 23.7 Å². The van der Waals surface area contributed by atoms with Gasteiger partial charge in [-0.3, -0.25) is 4.90 Å². The molecule has 0 bridgehead atoms. The number of aliphatic carboxylic acids is 1. The molecule has 1 amide bonds. The number of carbonyl (C=O) groups excluding carboxylic acids is 1. The summed E-state index contributed by atoms with van der Waals surface area (Å²) < 4.78 is 11.3. The largest absolute Gasteiger partial charge is 0.494 e. The van der Waals surface area contributed by atoms with E-state index in [1.54, 1.807) is 20.8 Å². The number of rotatable bonds is 9. The lowest BCUT2D eigenvalue weighted by Gasteiger charge is -2.35. The lowest BCUT2D eigenvalue weighted by Crippen LogP contribution is -2.50. The van der Waals surface area contributed by atoms with Crippen molar-refractivity contribution in [2.24, 2.45) is 0 Å². The van der Waals surface area contributed by atoms with Gasteiger partial charge in [-0.1, -0.05) is 45.1 Å². The fraction of sp³-hybridized carbons (Fsp3) is 0.652. The molecule has 1 aromatic rings. The maximum Gasteiger partial charge on any atom is 0.411 e. The monoisotopic (exact) mass is 405 g/mol. The Hall–Kier alpha value is -2.24. The summed E-state index contributed by atoms with van der Waals surface area (Å²) in [5, 5.41) is 9.58. The second-order valence-corrected chi connectivity index (χ2v) is 8.71. The molecule has 0 aromatic heterocycles. The molecule has 0 spiro atoms. The van der Waals surface area contributed by atoms with Gasteiger partial charge >= 0.3 is 12.1 Å². The van der Waals surface area contributed by atoms with Gasteiger partial charge < -0.3 is 14.6 Å². The average Bonchev–Trinajstić information content (AvgIpc) is 2.64. The standard InChI is InChI=1S/C23H35NO5/c1-5-6-7-8-9-10-13-28-19-12-11-17-15-20(21(25)26)24(16-18(17)14-19)22(27)29-23(2,3)4/h11-12,14,20H,5-10,13,15-16H2,1-4H3,(H,25,26)/t20-/m0/s1. The van der Waals surface area contributed by atoms with Crippen LogP contribution in [0.2, 0.25) is 0 Å². The van der Waals surface area contributed by atoms with Crippen molar-refractivity contribution < 1.29 is 24.2 Å². The minimum Gasteiger partial charge on any atom is -0.494 e. The summed E-state index contributed by atoms with van der Waals surface area (Å²) in [7, 11) is 0. The Bertz CT molecular complexity index is 695. The zero-order valence-electron chi connectivity index (χ0n) is 18.2. The van der Waals surface area contributed by atoms with E-state index >= 15 is 0 Å². The molecule has 0 saturated heterocycles.